The maximum absolute atomic E-state index is 12.7. The summed E-state index contributed by atoms with van der Waals surface area (Å²) in [7, 11) is 3.02. The number of rotatable bonds is 9. The molecule has 0 saturated heterocycles. The zero-order chi connectivity index (χ0) is 23.8. The highest BCUT2D eigenvalue weighted by atomic mass is 127. The van der Waals surface area contributed by atoms with E-state index in [1.165, 1.54) is 20.4 Å². The first-order chi connectivity index (χ1) is 16.0. The molecule has 3 rings (SSSR count). The third-order valence-electron chi connectivity index (χ3n) is 4.58. The summed E-state index contributed by atoms with van der Waals surface area (Å²) in [5, 5.41) is 5.96. The maximum Gasteiger partial charge on any atom is 0.344 e. The van der Waals surface area contributed by atoms with E-state index in [1.807, 2.05) is 30.3 Å². The fraction of sp³-hybridized carbons (Fsp3) is 0.208. The lowest BCUT2D eigenvalue weighted by Gasteiger charge is -2.13. The predicted octanol–water partition coefficient (Wildman–Crippen LogP) is 4.17. The minimum Gasteiger partial charge on any atom is -0.496 e. The Morgan fingerprint density at radius 3 is 2.39 bits per heavy atom. The van der Waals surface area contributed by atoms with Gasteiger partial charge in [-0.25, -0.2) is 10.2 Å². The number of benzene rings is 3. The summed E-state index contributed by atoms with van der Waals surface area (Å²) in [5.74, 6) is 0.446. The quantitative estimate of drug-likeness (QED) is 0.182. The highest BCUT2D eigenvalue weighted by Gasteiger charge is 2.15. The monoisotopic (exact) mass is 562 g/mol. The van der Waals surface area contributed by atoms with Crippen molar-refractivity contribution >= 4 is 51.5 Å². The number of ether oxygens (including phenoxy) is 4. The van der Waals surface area contributed by atoms with Gasteiger partial charge in [-0.15, -0.1) is 0 Å². The number of methoxy groups -OCH3 is 2. The van der Waals surface area contributed by atoms with Gasteiger partial charge in [0.25, 0.3) is 5.91 Å². The molecule has 0 atom stereocenters. The lowest BCUT2D eigenvalue weighted by atomic mass is 10.1. The molecule has 3 aromatic rings. The second-order valence-corrected chi connectivity index (χ2v) is 7.89. The predicted molar refractivity (Wildman–Crippen MR) is 133 cm³/mol. The number of halogens is 1. The molecule has 1 amide bonds. The average Bonchev–Trinajstić information content (AvgIpc) is 2.82. The summed E-state index contributed by atoms with van der Waals surface area (Å²) in [4.78, 5) is 24.3. The lowest BCUT2D eigenvalue weighted by molar-refractivity contribution is -0.145. The molecule has 3 aromatic carbocycles. The smallest absolute Gasteiger partial charge is 0.344 e. The van der Waals surface area contributed by atoms with Gasteiger partial charge in [-0.1, -0.05) is 24.3 Å². The van der Waals surface area contributed by atoms with Crippen LogP contribution < -0.4 is 19.6 Å². The van der Waals surface area contributed by atoms with Gasteiger partial charge in [-0.2, -0.15) is 5.10 Å². The lowest BCUT2D eigenvalue weighted by Crippen LogP contribution is -2.18. The molecule has 33 heavy (non-hydrogen) atoms. The maximum atomic E-state index is 12.7. The van der Waals surface area contributed by atoms with Gasteiger partial charge in [-0.3, -0.25) is 4.79 Å². The third kappa shape index (κ3) is 6.13. The standard InChI is InChI=1S/C24H23IN2O6/c1-4-32-22(28)14-33-23-19(25)9-15(10-21(23)31-3)13-26-27-24(29)18-11-16-7-5-6-8-17(16)12-20(18)30-2/h5-13H,4,14H2,1-3H3,(H,27,29)/b26-13-. The molecule has 0 aliphatic rings. The molecule has 0 aliphatic heterocycles. The summed E-state index contributed by atoms with van der Waals surface area (Å²) in [5.41, 5.74) is 3.58. The number of hydrogen-bond acceptors (Lipinski definition) is 7. The van der Waals surface area contributed by atoms with Crippen LogP contribution in [0.2, 0.25) is 0 Å². The van der Waals surface area contributed by atoms with Crippen LogP contribution in [0.1, 0.15) is 22.8 Å². The van der Waals surface area contributed by atoms with Crippen molar-refractivity contribution in [3.63, 3.8) is 0 Å². The van der Waals surface area contributed by atoms with E-state index < -0.39 is 11.9 Å². The zero-order valence-electron chi connectivity index (χ0n) is 18.4. The molecule has 0 radical (unpaired) electrons. The molecule has 172 valence electrons. The van der Waals surface area contributed by atoms with Crippen molar-refractivity contribution in [3.05, 3.63) is 63.2 Å². The molecule has 0 fully saturated rings. The second-order valence-electron chi connectivity index (χ2n) is 6.73. The number of carbonyl (C=O) groups excluding carboxylic acids is 2. The van der Waals surface area contributed by atoms with Crippen LogP contribution in [-0.2, 0) is 9.53 Å². The van der Waals surface area contributed by atoms with Crippen molar-refractivity contribution in [2.24, 2.45) is 5.10 Å². The molecule has 9 heteroatoms. The van der Waals surface area contributed by atoms with Gasteiger partial charge in [0.2, 0.25) is 0 Å². The Balaban J connectivity index is 1.74. The Morgan fingerprint density at radius 1 is 1.03 bits per heavy atom. The average molecular weight is 562 g/mol. The Bertz CT molecular complexity index is 1200. The van der Waals surface area contributed by atoms with E-state index in [1.54, 1.807) is 25.1 Å². The van der Waals surface area contributed by atoms with Crippen LogP contribution in [0.25, 0.3) is 10.8 Å². The Labute approximate surface area is 205 Å². The number of hydrogen-bond donors (Lipinski definition) is 1. The molecule has 0 unspecified atom stereocenters. The van der Waals surface area contributed by atoms with Crippen LogP contribution >= 0.6 is 22.6 Å². The molecule has 1 N–H and O–H groups in total. The van der Waals surface area contributed by atoms with Crippen LogP contribution in [0.15, 0.2) is 53.6 Å². The van der Waals surface area contributed by atoms with Gasteiger partial charge in [0, 0.05) is 0 Å². The van der Waals surface area contributed by atoms with Gasteiger partial charge >= 0.3 is 5.97 Å². The van der Waals surface area contributed by atoms with Gasteiger partial charge in [-0.05, 0) is 70.1 Å². The topological polar surface area (TPSA) is 95.5 Å². The largest absolute Gasteiger partial charge is 0.496 e. The van der Waals surface area contributed by atoms with Gasteiger partial charge in [0.15, 0.2) is 18.1 Å². The molecular weight excluding hydrogens is 539 g/mol. The molecule has 0 bridgehead atoms. The summed E-state index contributed by atoms with van der Waals surface area (Å²) in [6.45, 7) is 1.78. The number of hydrazone groups is 1. The van der Waals surface area contributed by atoms with Crippen molar-refractivity contribution < 1.29 is 28.5 Å². The SMILES string of the molecule is CCOC(=O)COc1c(I)cc(/C=N\NC(=O)c2cc3ccccc3cc2OC)cc1OC. The summed E-state index contributed by atoms with van der Waals surface area (Å²) < 4.78 is 21.9. The van der Waals surface area contributed by atoms with Crippen LogP contribution in [0, 0.1) is 3.57 Å². The number of nitrogens with one attached hydrogen (secondary N) is 1. The molecule has 0 aromatic heterocycles. The van der Waals surface area contributed by atoms with E-state index in [-0.39, 0.29) is 13.2 Å². The molecule has 0 saturated carbocycles. The van der Waals surface area contributed by atoms with E-state index in [2.05, 4.69) is 33.1 Å². The number of carbonyl (C=O) groups is 2. The number of amides is 1. The van der Waals surface area contributed by atoms with Crippen LogP contribution in [0.5, 0.6) is 17.2 Å². The minimum atomic E-state index is -0.465. The van der Waals surface area contributed by atoms with E-state index in [0.717, 1.165) is 10.8 Å². The van der Waals surface area contributed by atoms with Crippen LogP contribution in [0.3, 0.4) is 0 Å². The normalized spacial score (nSPS) is 10.8. The van der Waals surface area contributed by atoms with Crippen molar-refractivity contribution in [1.29, 1.82) is 0 Å². The highest BCUT2D eigenvalue weighted by molar-refractivity contribution is 14.1. The Morgan fingerprint density at radius 2 is 1.73 bits per heavy atom. The molecule has 0 aliphatic carbocycles. The summed E-state index contributed by atoms with van der Waals surface area (Å²) >= 11 is 2.07. The molecule has 0 heterocycles. The first kappa shape index (κ1) is 24.3. The molecular formula is C24H23IN2O6. The third-order valence-corrected chi connectivity index (χ3v) is 5.38. The number of esters is 1. The van der Waals surface area contributed by atoms with Crippen LogP contribution in [0.4, 0.5) is 0 Å². The van der Waals surface area contributed by atoms with Crippen molar-refractivity contribution in [1.82, 2.24) is 5.43 Å². The van der Waals surface area contributed by atoms with Gasteiger partial charge in [0.05, 0.1) is 36.2 Å². The molecule has 0 spiro atoms. The van der Waals surface area contributed by atoms with Crippen molar-refractivity contribution in [3.8, 4) is 17.2 Å². The van der Waals surface area contributed by atoms with Crippen molar-refractivity contribution in [2.45, 2.75) is 6.92 Å². The van der Waals surface area contributed by atoms with E-state index in [4.69, 9.17) is 18.9 Å². The fourth-order valence-electron chi connectivity index (χ4n) is 3.08. The minimum absolute atomic E-state index is 0.225. The first-order valence-electron chi connectivity index (χ1n) is 10.0. The zero-order valence-corrected chi connectivity index (χ0v) is 20.5. The number of fused-ring (bicyclic) bond motifs is 1. The van der Waals surface area contributed by atoms with Gasteiger partial charge in [0.1, 0.15) is 5.75 Å². The van der Waals surface area contributed by atoms with E-state index in [0.29, 0.717) is 31.9 Å². The Kier molecular flexibility index (Phi) is 8.47. The fourth-order valence-corrected chi connectivity index (χ4v) is 3.86. The van der Waals surface area contributed by atoms with E-state index >= 15 is 0 Å². The summed E-state index contributed by atoms with van der Waals surface area (Å²) in [6.07, 6.45) is 1.49. The van der Waals surface area contributed by atoms with E-state index in [9.17, 15) is 9.59 Å². The second kappa shape index (κ2) is 11.5. The molecule has 8 nitrogen and oxygen atoms in total. The first-order valence-corrected chi connectivity index (χ1v) is 11.1. The highest BCUT2D eigenvalue weighted by Crippen LogP contribution is 2.33. The number of nitrogens with zero attached hydrogens (tertiary/aromatic N) is 1. The van der Waals surface area contributed by atoms with Crippen molar-refractivity contribution in [2.75, 3.05) is 27.4 Å². The van der Waals surface area contributed by atoms with Gasteiger partial charge < -0.3 is 18.9 Å². The summed E-state index contributed by atoms with van der Waals surface area (Å²) in [6, 6.07) is 14.8. The Hall–Kier alpha value is -3.34. The van der Waals surface area contributed by atoms with Crippen LogP contribution in [-0.4, -0.2) is 45.5 Å².